The molecule has 0 aliphatic heterocycles. The molecule has 7 heteroatoms. The lowest BCUT2D eigenvalue weighted by Gasteiger charge is -2.24. The molecule has 0 N–H and O–H groups in total. The highest BCUT2D eigenvalue weighted by Crippen LogP contribution is 2.45. The Hall–Kier alpha value is -2.54. The molecule has 0 spiro atoms. The smallest absolute Gasteiger partial charge is 0.234 e. The number of thiophene rings is 1. The monoisotopic (exact) mass is 413 g/mol. The average Bonchev–Trinajstić information content (AvgIpc) is 3.21. The number of hydrogen-bond donors (Lipinski definition) is 0. The first kappa shape index (κ1) is 21.2. The second-order valence-electron chi connectivity index (χ2n) is 8.24. The second kappa shape index (κ2) is 8.45. The molecule has 3 aromatic rings. The van der Waals surface area contributed by atoms with Crippen LogP contribution in [-0.4, -0.2) is 22.0 Å². The van der Waals surface area contributed by atoms with Crippen molar-refractivity contribution in [1.29, 1.82) is 0 Å². The first-order valence-electron chi connectivity index (χ1n) is 9.86. The van der Waals surface area contributed by atoms with E-state index in [9.17, 15) is 9.59 Å². The minimum Gasteiger partial charge on any atom is -0.364 e. The van der Waals surface area contributed by atoms with E-state index in [1.165, 1.54) is 22.5 Å². The second-order valence-corrected chi connectivity index (χ2v) is 9.24. The number of rotatable bonds is 6. The standard InChI is InChI=1S/C22H27N3O3S/c1-12(2)9-17(26)25(18(27)10-13(3)4)20-19-14(5)11-15(6)23-22(19)29-21(20)16-7-8-28-24-16/h7-8,11-13H,9-10H2,1-6H3. The summed E-state index contributed by atoms with van der Waals surface area (Å²) in [5, 5.41) is 4.90. The van der Waals surface area contributed by atoms with Crippen molar-refractivity contribution >= 4 is 39.1 Å². The largest absolute Gasteiger partial charge is 0.364 e. The van der Waals surface area contributed by atoms with Crippen LogP contribution in [-0.2, 0) is 9.59 Å². The van der Waals surface area contributed by atoms with Crippen molar-refractivity contribution in [2.75, 3.05) is 4.90 Å². The number of amides is 2. The lowest BCUT2D eigenvalue weighted by molar-refractivity contribution is -0.127. The highest BCUT2D eigenvalue weighted by atomic mass is 32.1. The molecule has 2 amide bonds. The Morgan fingerprint density at radius 1 is 1.10 bits per heavy atom. The third kappa shape index (κ3) is 4.40. The number of imide groups is 1. The van der Waals surface area contributed by atoms with Gasteiger partial charge >= 0.3 is 0 Å². The van der Waals surface area contributed by atoms with E-state index in [1.807, 2.05) is 47.6 Å². The number of hydrogen-bond acceptors (Lipinski definition) is 6. The van der Waals surface area contributed by atoms with E-state index in [0.29, 0.717) is 11.4 Å². The minimum absolute atomic E-state index is 0.138. The van der Waals surface area contributed by atoms with Crippen LogP contribution in [0.3, 0.4) is 0 Å². The Morgan fingerprint density at radius 3 is 2.24 bits per heavy atom. The van der Waals surface area contributed by atoms with Crippen LogP contribution >= 0.6 is 11.3 Å². The molecule has 0 atom stereocenters. The maximum atomic E-state index is 13.3. The average molecular weight is 414 g/mol. The summed E-state index contributed by atoms with van der Waals surface area (Å²) in [6.45, 7) is 11.8. The third-order valence-corrected chi connectivity index (χ3v) is 5.62. The molecular weight excluding hydrogens is 386 g/mol. The number of aromatic nitrogens is 2. The summed E-state index contributed by atoms with van der Waals surface area (Å²) in [5.74, 6) is -0.123. The van der Waals surface area contributed by atoms with Gasteiger partial charge in [-0.3, -0.25) is 9.59 Å². The van der Waals surface area contributed by atoms with Crippen molar-refractivity contribution in [2.24, 2.45) is 11.8 Å². The first-order chi connectivity index (χ1) is 13.7. The predicted octanol–water partition coefficient (Wildman–Crippen LogP) is 5.52. The zero-order chi connectivity index (χ0) is 21.3. The molecule has 0 aliphatic rings. The van der Waals surface area contributed by atoms with E-state index >= 15 is 0 Å². The number of carbonyl (C=O) groups is 2. The van der Waals surface area contributed by atoms with Gasteiger partial charge in [0.05, 0.1) is 10.6 Å². The molecule has 0 saturated carbocycles. The zero-order valence-corrected chi connectivity index (χ0v) is 18.6. The van der Waals surface area contributed by atoms with Gasteiger partial charge in [0, 0.05) is 30.0 Å². The lowest BCUT2D eigenvalue weighted by Crippen LogP contribution is -2.38. The van der Waals surface area contributed by atoms with Crippen molar-refractivity contribution in [3.8, 4) is 10.6 Å². The molecule has 3 heterocycles. The van der Waals surface area contributed by atoms with Crippen LogP contribution in [0.15, 0.2) is 22.9 Å². The summed E-state index contributed by atoms with van der Waals surface area (Å²) in [6.07, 6.45) is 2.07. The number of fused-ring (bicyclic) bond motifs is 1. The van der Waals surface area contributed by atoms with Gasteiger partial charge in [-0.15, -0.1) is 11.3 Å². The van der Waals surface area contributed by atoms with Gasteiger partial charge in [-0.2, -0.15) is 0 Å². The third-order valence-electron chi connectivity index (χ3n) is 4.52. The van der Waals surface area contributed by atoms with E-state index < -0.39 is 0 Å². The molecule has 0 radical (unpaired) electrons. The highest BCUT2D eigenvalue weighted by molar-refractivity contribution is 7.22. The molecule has 6 nitrogen and oxygen atoms in total. The van der Waals surface area contributed by atoms with Crippen LogP contribution < -0.4 is 4.90 Å². The number of pyridine rings is 1. The number of aryl methyl sites for hydroxylation is 2. The Morgan fingerprint density at radius 2 is 1.72 bits per heavy atom. The Labute approximate surface area is 174 Å². The van der Waals surface area contributed by atoms with Crippen LogP contribution in [0.2, 0.25) is 0 Å². The van der Waals surface area contributed by atoms with Gasteiger partial charge in [-0.05, 0) is 37.3 Å². The van der Waals surface area contributed by atoms with Crippen LogP contribution in [0.25, 0.3) is 20.8 Å². The Bertz CT molecular complexity index is 1010. The van der Waals surface area contributed by atoms with Crippen molar-refractivity contribution in [3.05, 3.63) is 29.7 Å². The molecule has 3 aromatic heterocycles. The number of carbonyl (C=O) groups excluding carboxylic acids is 2. The van der Waals surface area contributed by atoms with Gasteiger partial charge in [0.25, 0.3) is 0 Å². The van der Waals surface area contributed by atoms with Crippen LogP contribution in [0.4, 0.5) is 5.69 Å². The van der Waals surface area contributed by atoms with Crippen molar-refractivity contribution in [3.63, 3.8) is 0 Å². The summed E-state index contributed by atoms with van der Waals surface area (Å²) in [6, 6.07) is 3.72. The minimum atomic E-state index is -0.199. The van der Waals surface area contributed by atoms with Crippen LogP contribution in [0.5, 0.6) is 0 Å². The van der Waals surface area contributed by atoms with Gasteiger partial charge in [-0.1, -0.05) is 32.9 Å². The predicted molar refractivity (Wildman–Crippen MR) is 116 cm³/mol. The van der Waals surface area contributed by atoms with Gasteiger partial charge in [-0.25, -0.2) is 9.88 Å². The fraction of sp³-hybridized carbons (Fsp3) is 0.455. The molecule has 29 heavy (non-hydrogen) atoms. The van der Waals surface area contributed by atoms with E-state index in [0.717, 1.165) is 26.4 Å². The summed E-state index contributed by atoms with van der Waals surface area (Å²) in [7, 11) is 0. The molecule has 0 aliphatic carbocycles. The Kier molecular flexibility index (Phi) is 6.17. The fourth-order valence-corrected chi connectivity index (χ4v) is 4.65. The highest BCUT2D eigenvalue weighted by Gasteiger charge is 2.32. The van der Waals surface area contributed by atoms with Crippen LogP contribution in [0.1, 0.15) is 51.8 Å². The van der Waals surface area contributed by atoms with E-state index in [4.69, 9.17) is 4.52 Å². The van der Waals surface area contributed by atoms with E-state index in [2.05, 4.69) is 10.1 Å². The quantitative estimate of drug-likeness (QED) is 0.532. The summed E-state index contributed by atoms with van der Waals surface area (Å²) in [5.41, 5.74) is 3.05. The summed E-state index contributed by atoms with van der Waals surface area (Å²) < 4.78 is 5.05. The molecular formula is C22H27N3O3S. The van der Waals surface area contributed by atoms with Gasteiger partial charge < -0.3 is 4.52 Å². The topological polar surface area (TPSA) is 76.3 Å². The summed E-state index contributed by atoms with van der Waals surface area (Å²) in [4.78, 5) is 34.1. The van der Waals surface area contributed by atoms with Crippen molar-refractivity contribution in [2.45, 2.75) is 54.4 Å². The molecule has 154 valence electrons. The first-order valence-corrected chi connectivity index (χ1v) is 10.7. The van der Waals surface area contributed by atoms with Gasteiger partial charge in [0.15, 0.2) is 0 Å². The maximum Gasteiger partial charge on any atom is 0.234 e. The van der Waals surface area contributed by atoms with Crippen LogP contribution in [0, 0.1) is 25.7 Å². The Balaban J connectivity index is 2.30. The molecule has 0 bridgehead atoms. The number of anilines is 1. The number of nitrogens with zero attached hydrogens (tertiary/aromatic N) is 3. The van der Waals surface area contributed by atoms with Gasteiger partial charge in [0.2, 0.25) is 11.8 Å². The van der Waals surface area contributed by atoms with Crippen molar-refractivity contribution in [1.82, 2.24) is 10.1 Å². The maximum absolute atomic E-state index is 13.3. The fourth-order valence-electron chi connectivity index (χ4n) is 3.41. The molecule has 0 fully saturated rings. The zero-order valence-electron chi connectivity index (χ0n) is 17.8. The molecule has 0 saturated heterocycles. The normalized spacial score (nSPS) is 11.6. The molecule has 3 rings (SSSR count). The lowest BCUT2D eigenvalue weighted by atomic mass is 10.0. The van der Waals surface area contributed by atoms with E-state index in [1.54, 1.807) is 6.07 Å². The van der Waals surface area contributed by atoms with Gasteiger partial charge in [0.1, 0.15) is 16.8 Å². The molecule has 0 unspecified atom stereocenters. The molecule has 0 aromatic carbocycles. The summed E-state index contributed by atoms with van der Waals surface area (Å²) >= 11 is 1.43. The van der Waals surface area contributed by atoms with E-state index in [-0.39, 0.29) is 36.5 Å². The SMILES string of the molecule is Cc1cc(C)c2c(N(C(=O)CC(C)C)C(=O)CC(C)C)c(-c3ccon3)sc2n1. The van der Waals surface area contributed by atoms with Crippen molar-refractivity contribution < 1.29 is 14.1 Å².